The minimum absolute atomic E-state index is 0.0983. The standard InChI is InChI=1S/C25H25N7O2S2/c33-20(13-17-7-3-1-4-8-17)26-23-29-28-22(35-23)15-19-11-12-32(16-19)25-31-30-24(36-25)27-21(34)14-18-9-5-2-6-10-18/h1-10,19H,11-16H2,(H,26,29,33)(H,27,30,34)/t19-/m1/s1. The molecule has 1 saturated heterocycles. The molecule has 5 rings (SSSR count). The highest BCUT2D eigenvalue weighted by molar-refractivity contribution is 7.19. The van der Waals surface area contributed by atoms with E-state index in [1.54, 1.807) is 0 Å². The Morgan fingerprint density at radius 1 is 0.806 bits per heavy atom. The molecule has 11 heteroatoms. The van der Waals surface area contributed by atoms with Crippen LogP contribution in [0.15, 0.2) is 60.7 Å². The van der Waals surface area contributed by atoms with Crippen LogP contribution in [-0.4, -0.2) is 45.3 Å². The predicted molar refractivity (Wildman–Crippen MR) is 141 cm³/mol. The van der Waals surface area contributed by atoms with Gasteiger partial charge in [-0.25, -0.2) is 0 Å². The smallest absolute Gasteiger partial charge is 0.230 e. The Balaban J connectivity index is 1.09. The first kappa shape index (κ1) is 24.0. The van der Waals surface area contributed by atoms with Gasteiger partial charge in [-0.05, 0) is 23.5 Å². The van der Waals surface area contributed by atoms with Crippen molar-refractivity contribution in [3.63, 3.8) is 0 Å². The summed E-state index contributed by atoms with van der Waals surface area (Å²) in [5.41, 5.74) is 1.92. The summed E-state index contributed by atoms with van der Waals surface area (Å²) in [7, 11) is 0. The molecule has 1 atom stereocenters. The number of nitrogens with zero attached hydrogens (tertiary/aromatic N) is 5. The van der Waals surface area contributed by atoms with Crippen LogP contribution in [0.25, 0.3) is 0 Å². The van der Waals surface area contributed by atoms with E-state index < -0.39 is 0 Å². The van der Waals surface area contributed by atoms with Gasteiger partial charge in [-0.15, -0.1) is 20.4 Å². The minimum Gasteiger partial charge on any atom is -0.346 e. The minimum atomic E-state index is -0.105. The summed E-state index contributed by atoms with van der Waals surface area (Å²) >= 11 is 2.81. The summed E-state index contributed by atoms with van der Waals surface area (Å²) < 4.78 is 0. The number of rotatable bonds is 9. The molecular formula is C25H25N7O2S2. The summed E-state index contributed by atoms with van der Waals surface area (Å²) in [4.78, 5) is 26.8. The molecule has 36 heavy (non-hydrogen) atoms. The van der Waals surface area contributed by atoms with E-state index in [9.17, 15) is 9.59 Å². The average Bonchev–Trinajstić information content (AvgIpc) is 3.62. The molecule has 0 unspecified atom stereocenters. The summed E-state index contributed by atoms with van der Waals surface area (Å²) in [6.45, 7) is 1.71. The Bertz CT molecular complexity index is 1310. The normalized spacial score (nSPS) is 15.1. The van der Waals surface area contributed by atoms with Crippen molar-refractivity contribution in [2.45, 2.75) is 25.7 Å². The van der Waals surface area contributed by atoms with Crippen LogP contribution in [0.4, 0.5) is 15.4 Å². The van der Waals surface area contributed by atoms with Crippen molar-refractivity contribution >= 4 is 49.9 Å². The molecular weight excluding hydrogens is 494 g/mol. The topological polar surface area (TPSA) is 113 Å². The molecule has 0 radical (unpaired) electrons. The monoisotopic (exact) mass is 519 g/mol. The molecule has 184 valence electrons. The van der Waals surface area contributed by atoms with Crippen molar-refractivity contribution in [1.29, 1.82) is 0 Å². The van der Waals surface area contributed by atoms with Crippen LogP contribution in [-0.2, 0) is 28.9 Å². The molecule has 2 aromatic heterocycles. The zero-order valence-electron chi connectivity index (χ0n) is 19.5. The second-order valence-corrected chi connectivity index (χ2v) is 10.6. The highest BCUT2D eigenvalue weighted by Crippen LogP contribution is 2.31. The molecule has 2 aromatic carbocycles. The van der Waals surface area contributed by atoms with E-state index in [0.29, 0.717) is 29.0 Å². The molecule has 1 aliphatic heterocycles. The van der Waals surface area contributed by atoms with Crippen LogP contribution in [0.2, 0.25) is 0 Å². The Morgan fingerprint density at radius 3 is 2.03 bits per heavy atom. The van der Waals surface area contributed by atoms with Gasteiger partial charge in [0.1, 0.15) is 5.01 Å². The lowest BCUT2D eigenvalue weighted by molar-refractivity contribution is -0.116. The first-order chi connectivity index (χ1) is 17.6. The van der Waals surface area contributed by atoms with Gasteiger partial charge in [-0.1, -0.05) is 83.3 Å². The molecule has 4 aromatic rings. The number of aromatic nitrogens is 4. The fourth-order valence-corrected chi connectivity index (χ4v) is 5.76. The van der Waals surface area contributed by atoms with Crippen LogP contribution >= 0.6 is 22.7 Å². The fourth-order valence-electron chi connectivity index (χ4n) is 4.09. The highest BCUT2D eigenvalue weighted by atomic mass is 32.1. The molecule has 9 nitrogen and oxygen atoms in total. The summed E-state index contributed by atoms with van der Waals surface area (Å²) in [6.07, 6.45) is 2.41. The summed E-state index contributed by atoms with van der Waals surface area (Å²) in [6, 6.07) is 19.2. The van der Waals surface area contributed by atoms with Crippen molar-refractivity contribution in [2.24, 2.45) is 5.92 Å². The molecule has 0 saturated carbocycles. The lowest BCUT2D eigenvalue weighted by atomic mass is 10.1. The molecule has 0 bridgehead atoms. The molecule has 1 aliphatic rings. The van der Waals surface area contributed by atoms with Gasteiger partial charge < -0.3 is 15.5 Å². The van der Waals surface area contributed by atoms with Gasteiger partial charge in [0.25, 0.3) is 0 Å². The second kappa shape index (κ2) is 11.4. The maximum absolute atomic E-state index is 12.3. The van der Waals surface area contributed by atoms with Crippen molar-refractivity contribution in [2.75, 3.05) is 28.6 Å². The van der Waals surface area contributed by atoms with Gasteiger partial charge in [0.15, 0.2) is 0 Å². The number of hydrogen-bond acceptors (Lipinski definition) is 9. The molecule has 2 N–H and O–H groups in total. The summed E-state index contributed by atoms with van der Waals surface area (Å²) in [5, 5.41) is 25.3. The van der Waals surface area contributed by atoms with Crippen molar-refractivity contribution in [3.8, 4) is 0 Å². The van der Waals surface area contributed by atoms with E-state index in [0.717, 1.165) is 47.2 Å². The number of anilines is 3. The van der Waals surface area contributed by atoms with Crippen LogP contribution in [0.5, 0.6) is 0 Å². The number of hydrogen-bond donors (Lipinski definition) is 2. The van der Waals surface area contributed by atoms with E-state index >= 15 is 0 Å². The maximum Gasteiger partial charge on any atom is 0.230 e. The van der Waals surface area contributed by atoms with E-state index in [1.165, 1.54) is 22.7 Å². The number of benzene rings is 2. The average molecular weight is 520 g/mol. The third kappa shape index (κ3) is 6.49. The highest BCUT2D eigenvalue weighted by Gasteiger charge is 2.27. The SMILES string of the molecule is O=C(Cc1ccccc1)Nc1nnc(C[C@H]2CCN(c3nnc(NC(=O)Cc4ccccc4)s3)C2)s1. The van der Waals surface area contributed by atoms with Crippen LogP contribution in [0.1, 0.15) is 22.6 Å². The number of carbonyl (C=O) groups is 2. The Morgan fingerprint density at radius 2 is 1.39 bits per heavy atom. The lowest BCUT2D eigenvalue weighted by Gasteiger charge is -2.13. The van der Waals surface area contributed by atoms with Crippen molar-refractivity contribution in [3.05, 3.63) is 76.8 Å². The largest absolute Gasteiger partial charge is 0.346 e. The summed E-state index contributed by atoms with van der Waals surface area (Å²) in [5.74, 6) is 0.204. The molecule has 0 spiro atoms. The third-order valence-electron chi connectivity index (χ3n) is 5.81. The quantitative estimate of drug-likeness (QED) is 0.346. The van der Waals surface area contributed by atoms with Gasteiger partial charge in [-0.2, -0.15) is 0 Å². The number of carbonyl (C=O) groups excluding carboxylic acids is 2. The fraction of sp³-hybridized carbons (Fsp3) is 0.280. The number of amides is 2. The van der Waals surface area contributed by atoms with E-state index in [2.05, 4.69) is 35.9 Å². The van der Waals surface area contributed by atoms with Crippen molar-refractivity contribution < 1.29 is 9.59 Å². The Hall–Kier alpha value is -3.70. The predicted octanol–water partition coefficient (Wildman–Crippen LogP) is 3.82. The molecule has 3 heterocycles. The van der Waals surface area contributed by atoms with Crippen molar-refractivity contribution in [1.82, 2.24) is 20.4 Å². The first-order valence-electron chi connectivity index (χ1n) is 11.7. The number of nitrogens with one attached hydrogen (secondary N) is 2. The molecule has 0 aliphatic carbocycles. The van der Waals surface area contributed by atoms with Gasteiger partial charge in [0.05, 0.1) is 12.8 Å². The first-order valence-corrected chi connectivity index (χ1v) is 13.3. The van der Waals surface area contributed by atoms with E-state index in [4.69, 9.17) is 0 Å². The van der Waals surface area contributed by atoms with Crippen LogP contribution in [0, 0.1) is 5.92 Å². The van der Waals surface area contributed by atoms with Crippen LogP contribution in [0.3, 0.4) is 0 Å². The maximum atomic E-state index is 12.3. The van der Waals surface area contributed by atoms with Crippen LogP contribution < -0.4 is 15.5 Å². The van der Waals surface area contributed by atoms with Gasteiger partial charge >= 0.3 is 0 Å². The molecule has 2 amide bonds. The van der Waals surface area contributed by atoms with Gasteiger partial charge in [0.2, 0.25) is 27.2 Å². The third-order valence-corrected chi connectivity index (χ3v) is 7.57. The zero-order valence-corrected chi connectivity index (χ0v) is 21.1. The lowest BCUT2D eigenvalue weighted by Crippen LogP contribution is -2.20. The van der Waals surface area contributed by atoms with E-state index in [1.807, 2.05) is 60.7 Å². The Labute approximate surface area is 216 Å². The van der Waals surface area contributed by atoms with Gasteiger partial charge in [0, 0.05) is 19.5 Å². The van der Waals surface area contributed by atoms with Gasteiger partial charge in [-0.3, -0.25) is 9.59 Å². The Kier molecular flexibility index (Phi) is 7.58. The molecule has 1 fully saturated rings. The zero-order chi connectivity index (χ0) is 24.7. The second-order valence-electron chi connectivity index (χ2n) is 8.62. The van der Waals surface area contributed by atoms with E-state index in [-0.39, 0.29) is 11.8 Å².